The maximum absolute atomic E-state index is 11.0. The number of nitrogens with zero attached hydrogens (tertiary/aromatic N) is 1. The molecule has 1 amide bonds. The average Bonchev–Trinajstić information content (AvgIpc) is 2.58. The highest BCUT2D eigenvalue weighted by Gasteiger charge is 2.28. The van der Waals surface area contributed by atoms with E-state index in [4.69, 9.17) is 9.52 Å². The zero-order valence-electron chi connectivity index (χ0n) is 7.61. The van der Waals surface area contributed by atoms with Crippen LogP contribution in [0, 0.1) is 0 Å². The molecule has 1 N–H and O–H groups in total. The van der Waals surface area contributed by atoms with Crippen LogP contribution in [-0.2, 0) is 17.9 Å². The highest BCUT2D eigenvalue weighted by Crippen LogP contribution is 2.27. The Bertz CT molecular complexity index is 407. The SMILES string of the molecule is CC(=O)N1Cc2coc(C(=O)O)c2C1. The number of carboxylic acid groups (broad SMARTS) is 1. The van der Waals surface area contributed by atoms with Crippen LogP contribution < -0.4 is 0 Å². The maximum atomic E-state index is 11.0. The molecule has 0 radical (unpaired) electrons. The molecule has 1 aliphatic rings. The van der Waals surface area contributed by atoms with Gasteiger partial charge < -0.3 is 14.4 Å². The smallest absolute Gasteiger partial charge is 0.372 e. The van der Waals surface area contributed by atoms with Crippen LogP contribution >= 0.6 is 0 Å². The maximum Gasteiger partial charge on any atom is 0.372 e. The van der Waals surface area contributed by atoms with Crippen molar-refractivity contribution in [2.75, 3.05) is 0 Å². The van der Waals surface area contributed by atoms with E-state index < -0.39 is 5.97 Å². The van der Waals surface area contributed by atoms with Crippen molar-refractivity contribution in [1.29, 1.82) is 0 Å². The zero-order chi connectivity index (χ0) is 10.3. The third kappa shape index (κ3) is 1.17. The number of hydrogen-bond donors (Lipinski definition) is 1. The summed E-state index contributed by atoms with van der Waals surface area (Å²) in [5.41, 5.74) is 1.41. The number of hydrogen-bond acceptors (Lipinski definition) is 3. The molecule has 0 saturated heterocycles. The summed E-state index contributed by atoms with van der Waals surface area (Å²) in [5, 5.41) is 8.77. The average molecular weight is 195 g/mol. The van der Waals surface area contributed by atoms with Crippen molar-refractivity contribution in [3.63, 3.8) is 0 Å². The lowest BCUT2D eigenvalue weighted by Gasteiger charge is -2.11. The van der Waals surface area contributed by atoms with Crippen molar-refractivity contribution in [3.05, 3.63) is 23.2 Å². The van der Waals surface area contributed by atoms with Gasteiger partial charge in [0.2, 0.25) is 11.7 Å². The fourth-order valence-corrected chi connectivity index (χ4v) is 1.58. The molecule has 74 valence electrons. The van der Waals surface area contributed by atoms with Gasteiger partial charge in [-0.1, -0.05) is 0 Å². The van der Waals surface area contributed by atoms with Crippen LogP contribution in [0.15, 0.2) is 10.7 Å². The summed E-state index contributed by atoms with van der Waals surface area (Å²) >= 11 is 0. The Kier molecular flexibility index (Phi) is 1.80. The lowest BCUT2D eigenvalue weighted by Crippen LogP contribution is -2.22. The second-order valence-corrected chi connectivity index (χ2v) is 3.25. The highest BCUT2D eigenvalue weighted by atomic mass is 16.4. The van der Waals surface area contributed by atoms with Crippen molar-refractivity contribution in [2.45, 2.75) is 20.0 Å². The van der Waals surface area contributed by atoms with Gasteiger partial charge in [-0.3, -0.25) is 4.79 Å². The lowest BCUT2D eigenvalue weighted by molar-refractivity contribution is -0.129. The topological polar surface area (TPSA) is 70.8 Å². The Balaban J connectivity index is 2.32. The molecule has 0 unspecified atom stereocenters. The molecule has 0 saturated carbocycles. The van der Waals surface area contributed by atoms with Gasteiger partial charge in [0.25, 0.3) is 0 Å². The third-order valence-corrected chi connectivity index (χ3v) is 2.33. The normalized spacial score (nSPS) is 14.2. The monoisotopic (exact) mass is 195 g/mol. The molecule has 2 rings (SSSR count). The van der Waals surface area contributed by atoms with Gasteiger partial charge in [-0.25, -0.2) is 4.79 Å². The number of carbonyl (C=O) groups is 2. The van der Waals surface area contributed by atoms with Crippen LogP contribution in [0.4, 0.5) is 0 Å². The second kappa shape index (κ2) is 2.87. The molecule has 0 aliphatic carbocycles. The van der Waals surface area contributed by atoms with E-state index in [-0.39, 0.29) is 11.7 Å². The first-order valence-corrected chi connectivity index (χ1v) is 4.17. The first kappa shape index (κ1) is 8.80. The zero-order valence-corrected chi connectivity index (χ0v) is 7.61. The largest absolute Gasteiger partial charge is 0.475 e. The van der Waals surface area contributed by atoms with Gasteiger partial charge in [0.1, 0.15) is 0 Å². The van der Waals surface area contributed by atoms with Crippen molar-refractivity contribution < 1.29 is 19.1 Å². The minimum Gasteiger partial charge on any atom is -0.475 e. The summed E-state index contributed by atoms with van der Waals surface area (Å²) < 4.78 is 4.89. The summed E-state index contributed by atoms with van der Waals surface area (Å²) in [4.78, 5) is 23.3. The fourth-order valence-electron chi connectivity index (χ4n) is 1.58. The Morgan fingerprint density at radius 1 is 1.50 bits per heavy atom. The van der Waals surface area contributed by atoms with Gasteiger partial charge >= 0.3 is 5.97 Å². The van der Waals surface area contributed by atoms with Gasteiger partial charge in [-0.2, -0.15) is 0 Å². The van der Waals surface area contributed by atoms with Crippen LogP contribution in [0.2, 0.25) is 0 Å². The van der Waals surface area contributed by atoms with E-state index in [9.17, 15) is 9.59 Å². The molecule has 0 bridgehead atoms. The predicted molar refractivity (Wildman–Crippen MR) is 45.6 cm³/mol. The van der Waals surface area contributed by atoms with E-state index in [1.54, 1.807) is 4.90 Å². The van der Waals surface area contributed by atoms with E-state index in [1.165, 1.54) is 13.2 Å². The summed E-state index contributed by atoms with van der Waals surface area (Å²) in [6, 6.07) is 0. The number of carbonyl (C=O) groups excluding carboxylic acids is 1. The molecule has 0 spiro atoms. The van der Waals surface area contributed by atoms with Crippen molar-refractivity contribution >= 4 is 11.9 Å². The number of amides is 1. The summed E-state index contributed by atoms with van der Waals surface area (Å²) in [5.74, 6) is -1.20. The molecule has 1 aromatic heterocycles. The second-order valence-electron chi connectivity index (χ2n) is 3.25. The van der Waals surface area contributed by atoms with Gasteiger partial charge in [-0.15, -0.1) is 0 Å². The van der Waals surface area contributed by atoms with Crippen molar-refractivity contribution in [1.82, 2.24) is 4.90 Å². The van der Waals surface area contributed by atoms with E-state index in [0.717, 1.165) is 5.56 Å². The van der Waals surface area contributed by atoms with E-state index >= 15 is 0 Å². The Labute approximate surface area is 79.9 Å². The number of carboxylic acids is 1. The standard InChI is InChI=1S/C9H9NO4/c1-5(11)10-2-6-4-14-8(9(12)13)7(6)3-10/h4H,2-3H2,1H3,(H,12,13). The molecule has 0 fully saturated rings. The number of rotatable bonds is 1. The van der Waals surface area contributed by atoms with E-state index in [1.807, 2.05) is 0 Å². The Morgan fingerprint density at radius 3 is 2.79 bits per heavy atom. The molecule has 5 nitrogen and oxygen atoms in total. The molecule has 0 aromatic carbocycles. The lowest BCUT2D eigenvalue weighted by atomic mass is 10.2. The highest BCUT2D eigenvalue weighted by molar-refractivity contribution is 5.87. The summed E-state index contributed by atoms with van der Waals surface area (Å²) in [6.07, 6.45) is 1.40. The molecular weight excluding hydrogens is 186 g/mol. The van der Waals surface area contributed by atoms with Gasteiger partial charge in [-0.05, 0) is 0 Å². The summed E-state index contributed by atoms with van der Waals surface area (Å²) in [7, 11) is 0. The molecular formula is C9H9NO4. The van der Waals surface area contributed by atoms with Crippen molar-refractivity contribution in [3.8, 4) is 0 Å². The molecule has 1 aliphatic heterocycles. The minimum absolute atomic E-state index is 0.0521. The predicted octanol–water partition coefficient (Wildman–Crippen LogP) is 0.840. The van der Waals surface area contributed by atoms with Crippen molar-refractivity contribution in [2.24, 2.45) is 0 Å². The number of fused-ring (bicyclic) bond motifs is 1. The van der Waals surface area contributed by atoms with Crippen LogP contribution in [-0.4, -0.2) is 21.9 Å². The number of furan rings is 1. The van der Waals surface area contributed by atoms with E-state index in [2.05, 4.69) is 0 Å². The fraction of sp³-hybridized carbons (Fsp3) is 0.333. The third-order valence-electron chi connectivity index (χ3n) is 2.33. The summed E-state index contributed by atoms with van der Waals surface area (Å²) in [6.45, 7) is 2.24. The first-order valence-electron chi connectivity index (χ1n) is 4.17. The molecule has 0 atom stereocenters. The van der Waals surface area contributed by atoms with Crippen LogP contribution in [0.5, 0.6) is 0 Å². The Hall–Kier alpha value is -1.78. The quantitative estimate of drug-likeness (QED) is 0.720. The van der Waals surface area contributed by atoms with E-state index in [0.29, 0.717) is 18.7 Å². The van der Waals surface area contributed by atoms with Crippen LogP contribution in [0.3, 0.4) is 0 Å². The van der Waals surface area contributed by atoms with Gasteiger partial charge in [0.05, 0.1) is 12.8 Å². The number of aromatic carboxylic acids is 1. The van der Waals surface area contributed by atoms with Crippen LogP contribution in [0.25, 0.3) is 0 Å². The molecule has 2 heterocycles. The molecule has 14 heavy (non-hydrogen) atoms. The van der Waals surface area contributed by atoms with Crippen LogP contribution in [0.1, 0.15) is 28.6 Å². The first-order chi connectivity index (χ1) is 6.59. The molecule has 1 aromatic rings. The molecule has 5 heteroatoms. The minimum atomic E-state index is -1.09. The van der Waals surface area contributed by atoms with Gasteiger partial charge in [0, 0.05) is 24.6 Å². The Morgan fingerprint density at radius 2 is 2.21 bits per heavy atom. The van der Waals surface area contributed by atoms with Gasteiger partial charge in [0.15, 0.2) is 0 Å².